The summed E-state index contributed by atoms with van der Waals surface area (Å²) in [5.41, 5.74) is 7.79. The van der Waals surface area contributed by atoms with Gasteiger partial charge in [-0.2, -0.15) is 0 Å². The van der Waals surface area contributed by atoms with Gasteiger partial charge < -0.3 is 5.73 Å². The molecule has 1 aromatic rings. The first kappa shape index (κ1) is 14.0. The molecule has 0 saturated carbocycles. The summed E-state index contributed by atoms with van der Waals surface area (Å²) in [5, 5.41) is 0. The van der Waals surface area contributed by atoms with Crippen molar-refractivity contribution in [3.8, 4) is 0 Å². The van der Waals surface area contributed by atoms with E-state index in [1.165, 1.54) is 6.07 Å². The molecule has 3 N–H and O–H groups in total. The number of nitrogens with one attached hydrogen (secondary N) is 1. The summed E-state index contributed by atoms with van der Waals surface area (Å²) < 4.78 is 26.8. The second-order valence-electron chi connectivity index (χ2n) is 4.71. The van der Waals surface area contributed by atoms with Crippen LogP contribution in [0.1, 0.15) is 25.0 Å². The molecule has 0 bridgehead atoms. The molecule has 0 unspecified atom stereocenters. The Labute approximate surface area is 103 Å². The fourth-order valence-electron chi connectivity index (χ4n) is 1.49. The highest BCUT2D eigenvalue weighted by atomic mass is 32.2. The number of benzene rings is 1. The third-order valence-electron chi connectivity index (χ3n) is 2.61. The van der Waals surface area contributed by atoms with Crippen molar-refractivity contribution in [2.24, 2.45) is 5.92 Å². The molecule has 0 heterocycles. The Balaban J connectivity index is 3.15. The topological polar surface area (TPSA) is 72.2 Å². The molecule has 0 aliphatic carbocycles. The van der Waals surface area contributed by atoms with Crippen LogP contribution in [0.4, 0.5) is 5.69 Å². The summed E-state index contributed by atoms with van der Waals surface area (Å²) in [6.45, 7) is 7.99. The van der Waals surface area contributed by atoms with Crippen molar-refractivity contribution in [3.63, 3.8) is 0 Å². The Hall–Kier alpha value is -1.07. The molecule has 96 valence electrons. The quantitative estimate of drug-likeness (QED) is 0.807. The van der Waals surface area contributed by atoms with Gasteiger partial charge in [-0.15, -0.1) is 0 Å². The number of rotatable bonds is 4. The Kier molecular flexibility index (Phi) is 4.16. The Morgan fingerprint density at radius 1 is 1.29 bits per heavy atom. The van der Waals surface area contributed by atoms with Crippen LogP contribution in [0.2, 0.25) is 0 Å². The molecule has 0 aromatic heterocycles. The predicted octanol–water partition coefficient (Wildman–Crippen LogP) is 1.82. The largest absolute Gasteiger partial charge is 0.399 e. The van der Waals surface area contributed by atoms with E-state index in [1.807, 2.05) is 20.8 Å². The fourth-order valence-corrected chi connectivity index (χ4v) is 3.05. The minimum atomic E-state index is -3.46. The molecule has 0 radical (unpaired) electrons. The van der Waals surface area contributed by atoms with Crippen LogP contribution in [-0.2, 0) is 10.0 Å². The van der Waals surface area contributed by atoms with Gasteiger partial charge >= 0.3 is 0 Å². The van der Waals surface area contributed by atoms with Crippen LogP contribution in [-0.4, -0.2) is 15.0 Å². The number of aryl methyl sites for hydroxylation is 1. The van der Waals surface area contributed by atoms with Crippen molar-refractivity contribution in [1.29, 1.82) is 0 Å². The summed E-state index contributed by atoms with van der Waals surface area (Å²) in [6, 6.07) is 3.28. The smallest absolute Gasteiger partial charge is 0.240 e. The molecular formula is C12H20N2O2S. The lowest BCUT2D eigenvalue weighted by Gasteiger charge is -2.13. The van der Waals surface area contributed by atoms with Gasteiger partial charge in [0.25, 0.3) is 0 Å². The fraction of sp³-hybridized carbons (Fsp3) is 0.500. The van der Waals surface area contributed by atoms with E-state index >= 15 is 0 Å². The van der Waals surface area contributed by atoms with Crippen LogP contribution in [0.3, 0.4) is 0 Å². The van der Waals surface area contributed by atoms with Crippen LogP contribution in [0, 0.1) is 19.8 Å². The normalized spacial score (nSPS) is 12.1. The molecule has 0 spiro atoms. The first-order chi connectivity index (χ1) is 7.74. The lowest BCUT2D eigenvalue weighted by Crippen LogP contribution is -2.28. The van der Waals surface area contributed by atoms with Gasteiger partial charge in [-0.05, 0) is 43.0 Å². The van der Waals surface area contributed by atoms with Crippen LogP contribution >= 0.6 is 0 Å². The molecule has 0 fully saturated rings. The number of hydrogen-bond donors (Lipinski definition) is 2. The van der Waals surface area contributed by atoms with Crippen molar-refractivity contribution in [3.05, 3.63) is 23.3 Å². The van der Waals surface area contributed by atoms with Gasteiger partial charge in [0.05, 0.1) is 4.90 Å². The third-order valence-corrected chi connectivity index (χ3v) is 4.16. The van der Waals surface area contributed by atoms with E-state index in [-0.39, 0.29) is 10.8 Å². The average molecular weight is 256 g/mol. The van der Waals surface area contributed by atoms with Crippen molar-refractivity contribution in [2.75, 3.05) is 12.3 Å². The zero-order valence-corrected chi connectivity index (χ0v) is 11.6. The van der Waals surface area contributed by atoms with E-state index in [0.29, 0.717) is 12.2 Å². The second-order valence-corrected chi connectivity index (χ2v) is 6.44. The molecule has 0 atom stereocenters. The molecule has 0 aliphatic heterocycles. The number of nitrogens with two attached hydrogens (primary N) is 1. The molecule has 0 aliphatic rings. The standard InChI is InChI=1S/C12H20N2O2S/c1-8(2)7-14-17(15,16)12-6-11(13)5-9(3)10(12)4/h5-6,8,14H,7,13H2,1-4H3. The number of anilines is 1. The minimum Gasteiger partial charge on any atom is -0.399 e. The first-order valence-corrected chi connectivity index (χ1v) is 7.08. The molecule has 17 heavy (non-hydrogen) atoms. The zero-order chi connectivity index (χ0) is 13.2. The Morgan fingerprint density at radius 3 is 2.41 bits per heavy atom. The molecule has 0 amide bonds. The Morgan fingerprint density at radius 2 is 1.88 bits per heavy atom. The van der Waals surface area contributed by atoms with Crippen molar-refractivity contribution < 1.29 is 8.42 Å². The van der Waals surface area contributed by atoms with Gasteiger partial charge in [0.2, 0.25) is 10.0 Å². The van der Waals surface area contributed by atoms with Crippen molar-refractivity contribution in [1.82, 2.24) is 4.72 Å². The van der Waals surface area contributed by atoms with Gasteiger partial charge in [-0.1, -0.05) is 13.8 Å². The first-order valence-electron chi connectivity index (χ1n) is 5.60. The van der Waals surface area contributed by atoms with Crippen LogP contribution < -0.4 is 10.5 Å². The minimum absolute atomic E-state index is 0.271. The molecule has 1 aromatic carbocycles. The maximum absolute atomic E-state index is 12.1. The lowest BCUT2D eigenvalue weighted by molar-refractivity contribution is 0.559. The highest BCUT2D eigenvalue weighted by Gasteiger charge is 2.18. The average Bonchev–Trinajstić information content (AvgIpc) is 2.20. The van der Waals surface area contributed by atoms with Gasteiger partial charge in [0.15, 0.2) is 0 Å². The monoisotopic (exact) mass is 256 g/mol. The number of nitrogen functional groups attached to an aromatic ring is 1. The molecule has 0 saturated heterocycles. The van der Waals surface area contributed by atoms with Gasteiger partial charge in [0.1, 0.15) is 0 Å². The Bertz CT molecular complexity index is 507. The third kappa shape index (κ3) is 3.44. The van der Waals surface area contributed by atoms with E-state index < -0.39 is 10.0 Å². The summed E-state index contributed by atoms with van der Waals surface area (Å²) in [5.74, 6) is 0.271. The van der Waals surface area contributed by atoms with Gasteiger partial charge in [-0.25, -0.2) is 13.1 Å². The van der Waals surface area contributed by atoms with Crippen LogP contribution in [0.5, 0.6) is 0 Å². The van der Waals surface area contributed by atoms with Crippen LogP contribution in [0.25, 0.3) is 0 Å². The molecular weight excluding hydrogens is 236 g/mol. The maximum Gasteiger partial charge on any atom is 0.240 e. The van der Waals surface area contributed by atoms with Gasteiger partial charge in [0, 0.05) is 12.2 Å². The van der Waals surface area contributed by atoms with Crippen molar-refractivity contribution in [2.45, 2.75) is 32.6 Å². The van der Waals surface area contributed by atoms with Gasteiger partial charge in [-0.3, -0.25) is 0 Å². The van der Waals surface area contributed by atoms with E-state index in [0.717, 1.165) is 11.1 Å². The number of hydrogen-bond acceptors (Lipinski definition) is 3. The second kappa shape index (κ2) is 5.06. The van der Waals surface area contributed by atoms with E-state index in [9.17, 15) is 8.42 Å². The van der Waals surface area contributed by atoms with Crippen molar-refractivity contribution >= 4 is 15.7 Å². The highest BCUT2D eigenvalue weighted by Crippen LogP contribution is 2.22. The van der Waals surface area contributed by atoms with Crippen LogP contribution in [0.15, 0.2) is 17.0 Å². The predicted molar refractivity (Wildman–Crippen MR) is 70.4 cm³/mol. The molecule has 5 heteroatoms. The summed E-state index contributed by atoms with van der Waals surface area (Å²) >= 11 is 0. The van der Waals surface area contributed by atoms with E-state index in [2.05, 4.69) is 4.72 Å². The van der Waals surface area contributed by atoms with E-state index in [1.54, 1.807) is 13.0 Å². The summed E-state index contributed by atoms with van der Waals surface area (Å²) in [6.07, 6.45) is 0. The SMILES string of the molecule is Cc1cc(N)cc(S(=O)(=O)NCC(C)C)c1C. The number of sulfonamides is 1. The maximum atomic E-state index is 12.1. The molecule has 4 nitrogen and oxygen atoms in total. The van der Waals surface area contributed by atoms with E-state index in [4.69, 9.17) is 5.73 Å². The zero-order valence-electron chi connectivity index (χ0n) is 10.7. The lowest BCUT2D eigenvalue weighted by atomic mass is 10.1. The highest BCUT2D eigenvalue weighted by molar-refractivity contribution is 7.89. The summed E-state index contributed by atoms with van der Waals surface area (Å²) in [4.78, 5) is 0.274. The molecule has 1 rings (SSSR count). The summed E-state index contributed by atoms with van der Waals surface area (Å²) in [7, 11) is -3.46.